The van der Waals surface area contributed by atoms with Gasteiger partial charge >= 0.3 is 14.6 Å². The third-order valence-corrected chi connectivity index (χ3v) is 2.68. The van der Waals surface area contributed by atoms with E-state index in [-0.39, 0.29) is 17.9 Å². The van der Waals surface area contributed by atoms with E-state index in [0.29, 0.717) is 5.56 Å². The number of phenolic OH excluding ortho intramolecular Hbond substituents is 1. The minimum absolute atomic E-state index is 0.0320. The van der Waals surface area contributed by atoms with Crippen LogP contribution in [0.1, 0.15) is 12.5 Å². The maximum absolute atomic E-state index is 11.0. The fraction of sp³-hybridized carbons (Fsp3) is 0.273. The topological polar surface area (TPSA) is 136 Å². The van der Waals surface area contributed by atoms with Crippen molar-refractivity contribution in [2.45, 2.75) is 19.4 Å². The maximum atomic E-state index is 11.0. The molecule has 1 unspecified atom stereocenters. The Morgan fingerprint density at radius 1 is 1.40 bits per heavy atom. The number of hydrogen-bond donors (Lipinski definition) is 5. The number of nitrogens with one attached hydrogen (secondary N) is 1. The first-order chi connectivity index (χ1) is 9.29. The van der Waals surface area contributed by atoms with Crippen LogP contribution in [0, 0.1) is 0 Å². The molecule has 0 aliphatic heterocycles. The second kappa shape index (κ2) is 7.04. The Hall–Kier alpha value is -1.89. The van der Waals surface area contributed by atoms with E-state index in [1.54, 1.807) is 0 Å². The molecule has 9 heteroatoms. The van der Waals surface area contributed by atoms with Crippen molar-refractivity contribution in [3.63, 3.8) is 0 Å². The first-order valence-corrected chi connectivity index (χ1v) is 6.63. The van der Waals surface area contributed by atoms with E-state index in [0.717, 1.165) is 0 Å². The minimum Gasteiger partial charge on any atom is -0.504 e. The standard InChI is InChI=1S/C11H14NO7P/c1-6(13)12-8(11(15)16)4-7-2-3-10(9(14)5-7)19-20(17)18/h2-3,5,8,14,17-18H,4H2,1H3,(H,12,13)(H,15,16). The average molecular weight is 303 g/mol. The fourth-order valence-corrected chi connectivity index (χ4v) is 1.87. The molecule has 0 radical (unpaired) electrons. The van der Waals surface area contributed by atoms with Crippen molar-refractivity contribution in [1.82, 2.24) is 5.32 Å². The van der Waals surface area contributed by atoms with Crippen molar-refractivity contribution >= 4 is 20.5 Å². The normalized spacial score (nSPS) is 12.0. The smallest absolute Gasteiger partial charge is 0.391 e. The summed E-state index contributed by atoms with van der Waals surface area (Å²) in [6, 6.07) is 2.84. The van der Waals surface area contributed by atoms with Gasteiger partial charge < -0.3 is 29.8 Å². The lowest BCUT2D eigenvalue weighted by atomic mass is 10.1. The molecule has 8 nitrogen and oxygen atoms in total. The first-order valence-electron chi connectivity index (χ1n) is 5.47. The predicted octanol–water partition coefficient (Wildman–Crippen LogP) is 0.114. The van der Waals surface area contributed by atoms with Crippen LogP contribution in [0.5, 0.6) is 11.5 Å². The molecule has 1 rings (SSSR count). The Bertz CT molecular complexity index is 506. The second-order valence-corrected chi connectivity index (χ2v) is 4.63. The van der Waals surface area contributed by atoms with E-state index in [1.807, 2.05) is 0 Å². The molecule has 1 aromatic rings. The fourth-order valence-electron chi connectivity index (χ4n) is 1.54. The number of benzene rings is 1. The van der Waals surface area contributed by atoms with Gasteiger partial charge in [-0.2, -0.15) is 0 Å². The van der Waals surface area contributed by atoms with Crippen LogP contribution in [0.25, 0.3) is 0 Å². The summed E-state index contributed by atoms with van der Waals surface area (Å²) in [5, 5.41) is 20.8. The Kier molecular flexibility index (Phi) is 5.69. The third-order valence-electron chi connectivity index (χ3n) is 2.32. The molecule has 0 aliphatic rings. The molecule has 0 bridgehead atoms. The number of carbonyl (C=O) groups excluding carboxylic acids is 1. The van der Waals surface area contributed by atoms with Gasteiger partial charge in [-0.05, 0) is 17.7 Å². The molecule has 5 N–H and O–H groups in total. The predicted molar refractivity (Wildman–Crippen MR) is 69.0 cm³/mol. The quantitative estimate of drug-likeness (QED) is 0.470. The zero-order chi connectivity index (χ0) is 15.3. The van der Waals surface area contributed by atoms with Crippen molar-refractivity contribution < 1.29 is 34.1 Å². The summed E-state index contributed by atoms with van der Waals surface area (Å²) < 4.78 is 4.56. The van der Waals surface area contributed by atoms with E-state index in [2.05, 4.69) is 9.84 Å². The molecule has 0 saturated carbocycles. The zero-order valence-corrected chi connectivity index (χ0v) is 11.4. The molecule has 0 aromatic heterocycles. The van der Waals surface area contributed by atoms with Gasteiger partial charge in [0.05, 0.1) is 0 Å². The zero-order valence-electron chi connectivity index (χ0n) is 10.5. The van der Waals surface area contributed by atoms with Gasteiger partial charge in [0.1, 0.15) is 6.04 Å². The number of carboxylic acids is 1. The SMILES string of the molecule is CC(=O)NC(Cc1ccc(OP(O)O)c(O)c1)C(=O)O. The molecule has 20 heavy (non-hydrogen) atoms. The summed E-state index contributed by atoms with van der Waals surface area (Å²) in [7, 11) is -2.65. The summed E-state index contributed by atoms with van der Waals surface area (Å²) in [4.78, 5) is 39.2. The highest BCUT2D eigenvalue weighted by molar-refractivity contribution is 7.39. The van der Waals surface area contributed by atoms with Crippen LogP contribution in [0.4, 0.5) is 0 Å². The average Bonchev–Trinajstić information content (AvgIpc) is 2.30. The molecular weight excluding hydrogens is 289 g/mol. The largest absolute Gasteiger partial charge is 0.504 e. The maximum Gasteiger partial charge on any atom is 0.391 e. The van der Waals surface area contributed by atoms with Crippen molar-refractivity contribution in [2.24, 2.45) is 0 Å². The van der Waals surface area contributed by atoms with Crippen molar-refractivity contribution in [3.8, 4) is 11.5 Å². The van der Waals surface area contributed by atoms with E-state index in [4.69, 9.17) is 14.9 Å². The first kappa shape index (κ1) is 16.2. The van der Waals surface area contributed by atoms with Crippen LogP contribution < -0.4 is 9.84 Å². The van der Waals surface area contributed by atoms with Crippen LogP contribution >= 0.6 is 8.60 Å². The van der Waals surface area contributed by atoms with Crippen molar-refractivity contribution in [3.05, 3.63) is 23.8 Å². The van der Waals surface area contributed by atoms with E-state index in [9.17, 15) is 14.7 Å². The number of aromatic hydroxyl groups is 1. The van der Waals surface area contributed by atoms with Gasteiger partial charge in [-0.3, -0.25) is 4.79 Å². The van der Waals surface area contributed by atoms with Gasteiger partial charge in [-0.25, -0.2) is 4.79 Å². The molecule has 0 aliphatic carbocycles. The van der Waals surface area contributed by atoms with E-state index in [1.165, 1.54) is 25.1 Å². The second-order valence-electron chi connectivity index (χ2n) is 3.94. The molecule has 0 spiro atoms. The monoisotopic (exact) mass is 303 g/mol. The van der Waals surface area contributed by atoms with Gasteiger partial charge in [0.15, 0.2) is 11.5 Å². The van der Waals surface area contributed by atoms with Crippen LogP contribution in [0.2, 0.25) is 0 Å². The van der Waals surface area contributed by atoms with Gasteiger partial charge in [0.25, 0.3) is 0 Å². The number of phenols is 1. The highest BCUT2D eigenvalue weighted by atomic mass is 31.2. The number of amides is 1. The van der Waals surface area contributed by atoms with Gasteiger partial charge in [-0.15, -0.1) is 0 Å². The lowest BCUT2D eigenvalue weighted by molar-refractivity contribution is -0.141. The number of carbonyl (C=O) groups is 2. The highest BCUT2D eigenvalue weighted by Crippen LogP contribution is 2.36. The van der Waals surface area contributed by atoms with Crippen LogP contribution in [-0.2, 0) is 16.0 Å². The van der Waals surface area contributed by atoms with Crippen LogP contribution in [0.15, 0.2) is 18.2 Å². The molecule has 0 saturated heterocycles. The molecule has 1 aromatic carbocycles. The molecule has 0 heterocycles. The summed E-state index contributed by atoms with van der Waals surface area (Å²) in [5.74, 6) is -2.16. The van der Waals surface area contributed by atoms with Crippen LogP contribution in [0.3, 0.4) is 0 Å². The van der Waals surface area contributed by atoms with Gasteiger partial charge in [0.2, 0.25) is 5.91 Å². The summed E-state index contributed by atoms with van der Waals surface area (Å²) in [6.07, 6.45) is -0.0320. The van der Waals surface area contributed by atoms with Crippen molar-refractivity contribution in [2.75, 3.05) is 0 Å². The summed E-state index contributed by atoms with van der Waals surface area (Å²) in [6.45, 7) is 1.20. The Labute approximate surface area is 115 Å². The Balaban J connectivity index is 2.84. The molecule has 1 atom stereocenters. The van der Waals surface area contributed by atoms with Crippen LogP contribution in [-0.4, -0.2) is 37.9 Å². The highest BCUT2D eigenvalue weighted by Gasteiger charge is 2.19. The lowest BCUT2D eigenvalue weighted by Gasteiger charge is -2.14. The minimum atomic E-state index is -2.65. The number of rotatable bonds is 6. The lowest BCUT2D eigenvalue weighted by Crippen LogP contribution is -2.41. The number of aliphatic carboxylic acids is 1. The van der Waals surface area contributed by atoms with E-state index < -0.39 is 26.5 Å². The Morgan fingerprint density at radius 2 is 2.05 bits per heavy atom. The van der Waals surface area contributed by atoms with E-state index >= 15 is 0 Å². The number of hydrogen-bond acceptors (Lipinski definition) is 6. The Morgan fingerprint density at radius 3 is 2.50 bits per heavy atom. The molecule has 110 valence electrons. The third kappa shape index (κ3) is 5.00. The molecule has 1 amide bonds. The summed E-state index contributed by atoms with van der Waals surface area (Å²) in [5.41, 5.74) is 0.441. The van der Waals surface area contributed by atoms with Crippen molar-refractivity contribution in [1.29, 1.82) is 0 Å². The molecule has 0 fully saturated rings. The molecular formula is C11H14NO7P. The van der Waals surface area contributed by atoms with Gasteiger partial charge in [-0.1, -0.05) is 6.07 Å². The summed E-state index contributed by atoms with van der Waals surface area (Å²) >= 11 is 0. The number of carboxylic acid groups (broad SMARTS) is 1. The van der Waals surface area contributed by atoms with Gasteiger partial charge in [0, 0.05) is 13.3 Å².